The largest absolute Gasteiger partial charge is 0.357 e. The van der Waals surface area contributed by atoms with Gasteiger partial charge in [-0.3, -0.25) is 0 Å². The minimum Gasteiger partial charge on any atom is -0.357 e. The van der Waals surface area contributed by atoms with Crippen LogP contribution >= 0.6 is 11.3 Å². The Morgan fingerprint density at radius 1 is 1.28 bits per heavy atom. The summed E-state index contributed by atoms with van der Waals surface area (Å²) in [6.45, 7) is 8.63. The predicted molar refractivity (Wildman–Crippen MR) is 78.5 cm³/mol. The first-order valence-corrected chi connectivity index (χ1v) is 7.12. The highest BCUT2D eigenvalue weighted by Gasteiger charge is 2.24. The maximum absolute atomic E-state index is 4.77. The third-order valence-corrected chi connectivity index (χ3v) is 4.02. The molecule has 18 heavy (non-hydrogen) atoms. The number of nitrogens with one attached hydrogen (secondary N) is 1. The van der Waals surface area contributed by atoms with Gasteiger partial charge in [0.15, 0.2) is 5.13 Å². The van der Waals surface area contributed by atoms with E-state index in [0.717, 1.165) is 11.6 Å². The van der Waals surface area contributed by atoms with Crippen molar-refractivity contribution in [3.05, 3.63) is 34.2 Å². The summed E-state index contributed by atoms with van der Waals surface area (Å²) in [7, 11) is 0. The standard InChI is InChI=1S/C15H18N2S/c1-9-5-6-10-8-12-13(11(10)7-9)16-14(18-12)17-15(2,3)4/h5-7H,8H2,1-4H3,(H,16,17). The second-order valence-electron chi connectivity index (χ2n) is 6.00. The maximum atomic E-state index is 4.77. The topological polar surface area (TPSA) is 24.9 Å². The van der Waals surface area contributed by atoms with E-state index in [-0.39, 0.29) is 5.54 Å². The summed E-state index contributed by atoms with van der Waals surface area (Å²) < 4.78 is 0. The molecule has 94 valence electrons. The summed E-state index contributed by atoms with van der Waals surface area (Å²) in [5, 5.41) is 4.50. The van der Waals surface area contributed by atoms with Gasteiger partial charge >= 0.3 is 0 Å². The molecule has 0 saturated carbocycles. The molecule has 1 aliphatic rings. The summed E-state index contributed by atoms with van der Waals surface area (Å²) >= 11 is 1.79. The van der Waals surface area contributed by atoms with Crippen LogP contribution < -0.4 is 5.32 Å². The maximum Gasteiger partial charge on any atom is 0.183 e. The van der Waals surface area contributed by atoms with Crippen LogP contribution in [0.4, 0.5) is 5.13 Å². The van der Waals surface area contributed by atoms with Crippen LogP contribution in [-0.2, 0) is 6.42 Å². The molecular formula is C15H18N2S. The number of aryl methyl sites for hydroxylation is 1. The number of hydrogen-bond donors (Lipinski definition) is 1. The molecule has 3 rings (SSSR count). The molecule has 2 aromatic rings. The Bertz CT molecular complexity index is 605. The third-order valence-electron chi connectivity index (χ3n) is 3.05. The zero-order chi connectivity index (χ0) is 12.9. The Morgan fingerprint density at radius 2 is 2.06 bits per heavy atom. The minimum absolute atomic E-state index is 0.0705. The van der Waals surface area contributed by atoms with E-state index in [1.807, 2.05) is 0 Å². The van der Waals surface area contributed by atoms with Crippen molar-refractivity contribution in [3.63, 3.8) is 0 Å². The molecule has 1 aromatic heterocycles. The van der Waals surface area contributed by atoms with E-state index in [0.29, 0.717) is 0 Å². The van der Waals surface area contributed by atoms with Crippen molar-refractivity contribution < 1.29 is 0 Å². The highest BCUT2D eigenvalue weighted by molar-refractivity contribution is 7.16. The van der Waals surface area contributed by atoms with Gasteiger partial charge in [0.25, 0.3) is 0 Å². The fourth-order valence-electron chi connectivity index (χ4n) is 2.29. The molecule has 0 spiro atoms. The SMILES string of the molecule is Cc1ccc2c(c1)-c1nc(NC(C)(C)C)sc1C2. The highest BCUT2D eigenvalue weighted by Crippen LogP contribution is 2.41. The number of thiazole rings is 1. The van der Waals surface area contributed by atoms with Crippen LogP contribution in [0.2, 0.25) is 0 Å². The quantitative estimate of drug-likeness (QED) is 0.706. The molecule has 2 nitrogen and oxygen atoms in total. The Kier molecular flexibility index (Phi) is 2.49. The van der Waals surface area contributed by atoms with Gasteiger partial charge in [-0.1, -0.05) is 17.7 Å². The number of nitrogens with zero attached hydrogens (tertiary/aromatic N) is 1. The van der Waals surface area contributed by atoms with Gasteiger partial charge in [-0.2, -0.15) is 0 Å². The van der Waals surface area contributed by atoms with Crippen molar-refractivity contribution in [1.82, 2.24) is 4.98 Å². The molecule has 3 heteroatoms. The summed E-state index contributed by atoms with van der Waals surface area (Å²) in [5.41, 5.74) is 5.30. The van der Waals surface area contributed by atoms with Crippen molar-refractivity contribution in [3.8, 4) is 11.3 Å². The van der Waals surface area contributed by atoms with E-state index >= 15 is 0 Å². The Morgan fingerprint density at radius 3 is 2.78 bits per heavy atom. The molecule has 0 atom stereocenters. The zero-order valence-electron chi connectivity index (χ0n) is 11.3. The lowest BCUT2D eigenvalue weighted by Crippen LogP contribution is -2.25. The van der Waals surface area contributed by atoms with Crippen LogP contribution in [-0.4, -0.2) is 10.5 Å². The van der Waals surface area contributed by atoms with E-state index in [9.17, 15) is 0 Å². The summed E-state index contributed by atoms with van der Waals surface area (Å²) in [4.78, 5) is 6.16. The monoisotopic (exact) mass is 258 g/mol. The molecule has 1 N–H and O–H groups in total. The molecule has 1 heterocycles. The zero-order valence-corrected chi connectivity index (χ0v) is 12.1. The fourth-order valence-corrected chi connectivity index (χ4v) is 3.50. The van der Waals surface area contributed by atoms with Crippen molar-refractivity contribution in [2.75, 3.05) is 5.32 Å². The second kappa shape index (κ2) is 3.82. The number of aromatic nitrogens is 1. The summed E-state index contributed by atoms with van der Waals surface area (Å²) in [5.74, 6) is 0. The third kappa shape index (κ3) is 2.03. The van der Waals surface area contributed by atoms with Crippen LogP contribution in [0, 0.1) is 6.92 Å². The number of benzene rings is 1. The lowest BCUT2D eigenvalue weighted by Gasteiger charge is -2.19. The van der Waals surface area contributed by atoms with Crippen LogP contribution in [0.15, 0.2) is 18.2 Å². The van der Waals surface area contributed by atoms with E-state index in [2.05, 4.69) is 51.2 Å². The molecule has 0 amide bonds. The van der Waals surface area contributed by atoms with Crippen LogP contribution in [0.5, 0.6) is 0 Å². The normalized spacial score (nSPS) is 13.3. The first kappa shape index (κ1) is 11.7. The van der Waals surface area contributed by atoms with Gasteiger partial charge in [-0.15, -0.1) is 11.3 Å². The first-order valence-electron chi connectivity index (χ1n) is 6.30. The number of anilines is 1. The van der Waals surface area contributed by atoms with Crippen molar-refractivity contribution in [2.45, 2.75) is 39.7 Å². The molecule has 0 saturated heterocycles. The molecule has 0 radical (unpaired) electrons. The first-order chi connectivity index (χ1) is 8.42. The van der Waals surface area contributed by atoms with Crippen molar-refractivity contribution in [1.29, 1.82) is 0 Å². The highest BCUT2D eigenvalue weighted by atomic mass is 32.1. The molecule has 1 aliphatic carbocycles. The van der Waals surface area contributed by atoms with Gasteiger partial charge in [-0.05, 0) is 39.3 Å². The van der Waals surface area contributed by atoms with E-state index in [1.165, 1.54) is 27.3 Å². The summed E-state index contributed by atoms with van der Waals surface area (Å²) in [6.07, 6.45) is 1.04. The van der Waals surface area contributed by atoms with Gasteiger partial charge in [-0.25, -0.2) is 4.98 Å². The minimum atomic E-state index is 0.0705. The molecule has 0 bridgehead atoms. The summed E-state index contributed by atoms with van der Waals surface area (Å²) in [6, 6.07) is 6.67. The number of fused-ring (bicyclic) bond motifs is 3. The number of rotatable bonds is 1. The van der Waals surface area contributed by atoms with Gasteiger partial charge < -0.3 is 5.32 Å². The Balaban J connectivity index is 2.00. The van der Waals surface area contributed by atoms with E-state index < -0.39 is 0 Å². The van der Waals surface area contributed by atoms with Gasteiger partial charge in [0.1, 0.15) is 0 Å². The average molecular weight is 258 g/mol. The Hall–Kier alpha value is -1.35. The van der Waals surface area contributed by atoms with Crippen LogP contribution in [0.3, 0.4) is 0 Å². The van der Waals surface area contributed by atoms with Crippen LogP contribution in [0.25, 0.3) is 11.3 Å². The molecule has 0 fully saturated rings. The molecule has 0 aliphatic heterocycles. The van der Waals surface area contributed by atoms with Crippen molar-refractivity contribution >= 4 is 16.5 Å². The van der Waals surface area contributed by atoms with Gasteiger partial charge in [0, 0.05) is 22.4 Å². The second-order valence-corrected chi connectivity index (χ2v) is 7.09. The molecule has 0 unspecified atom stereocenters. The van der Waals surface area contributed by atoms with Gasteiger partial charge in [0.05, 0.1) is 5.69 Å². The Labute approximate surface area is 112 Å². The van der Waals surface area contributed by atoms with Gasteiger partial charge in [0.2, 0.25) is 0 Å². The lowest BCUT2D eigenvalue weighted by atomic mass is 10.1. The molecule has 1 aromatic carbocycles. The lowest BCUT2D eigenvalue weighted by molar-refractivity contribution is 0.633. The van der Waals surface area contributed by atoms with E-state index in [4.69, 9.17) is 4.98 Å². The van der Waals surface area contributed by atoms with Crippen LogP contribution in [0.1, 0.15) is 36.8 Å². The molecular weight excluding hydrogens is 240 g/mol. The number of hydrogen-bond acceptors (Lipinski definition) is 3. The van der Waals surface area contributed by atoms with E-state index in [1.54, 1.807) is 11.3 Å². The fraction of sp³-hybridized carbons (Fsp3) is 0.400. The smallest absolute Gasteiger partial charge is 0.183 e. The average Bonchev–Trinajstić information content (AvgIpc) is 2.73. The van der Waals surface area contributed by atoms with Crippen molar-refractivity contribution in [2.24, 2.45) is 0 Å². The predicted octanol–water partition coefficient (Wildman–Crippen LogP) is 4.23.